The van der Waals surface area contributed by atoms with Gasteiger partial charge in [0.25, 0.3) is 5.91 Å². The van der Waals surface area contributed by atoms with Crippen LogP contribution in [0, 0.1) is 5.92 Å². The van der Waals surface area contributed by atoms with Crippen LogP contribution in [0.2, 0.25) is 0 Å². The largest absolute Gasteiger partial charge is 0.493 e. The number of fused-ring (bicyclic) bond motifs is 1. The van der Waals surface area contributed by atoms with Gasteiger partial charge in [0.1, 0.15) is 17.9 Å². The van der Waals surface area contributed by atoms with Gasteiger partial charge in [0, 0.05) is 24.9 Å². The number of rotatable bonds is 8. The first-order valence-electron chi connectivity index (χ1n) is 10.9. The summed E-state index contributed by atoms with van der Waals surface area (Å²) in [5.74, 6) is 2.55. The Balaban J connectivity index is 1.27. The fourth-order valence-electron chi connectivity index (χ4n) is 3.66. The number of morpholine rings is 1. The highest BCUT2D eigenvalue weighted by atomic mass is 16.5. The summed E-state index contributed by atoms with van der Waals surface area (Å²) in [6.07, 6.45) is 3.92. The number of methoxy groups -OCH3 is 1. The molecule has 9 nitrogen and oxygen atoms in total. The summed E-state index contributed by atoms with van der Waals surface area (Å²) in [6, 6.07) is 7.20. The van der Waals surface area contributed by atoms with Crippen molar-refractivity contribution in [3.05, 3.63) is 36.0 Å². The van der Waals surface area contributed by atoms with Crippen LogP contribution in [0.4, 0.5) is 5.69 Å². The van der Waals surface area contributed by atoms with E-state index in [4.69, 9.17) is 23.7 Å². The molecule has 32 heavy (non-hydrogen) atoms. The number of ether oxygens (including phenoxy) is 5. The molecule has 2 aromatic rings. The van der Waals surface area contributed by atoms with Crippen molar-refractivity contribution in [2.75, 3.05) is 51.7 Å². The van der Waals surface area contributed by atoms with Crippen molar-refractivity contribution < 1.29 is 28.5 Å². The van der Waals surface area contributed by atoms with Gasteiger partial charge in [-0.25, -0.2) is 4.98 Å². The molecule has 1 aliphatic carbocycles. The van der Waals surface area contributed by atoms with Gasteiger partial charge in [-0.3, -0.25) is 9.69 Å². The highest BCUT2D eigenvalue weighted by molar-refractivity contribution is 6.08. The summed E-state index contributed by atoms with van der Waals surface area (Å²) in [5.41, 5.74) is 1.05. The monoisotopic (exact) mass is 441 g/mol. The van der Waals surface area contributed by atoms with Crippen molar-refractivity contribution in [1.29, 1.82) is 0 Å². The molecule has 1 N–H and O–H groups in total. The fraction of sp³-hybridized carbons (Fsp3) is 0.478. The maximum Gasteiger partial charge on any atom is 0.266 e. The summed E-state index contributed by atoms with van der Waals surface area (Å²) >= 11 is 0. The summed E-state index contributed by atoms with van der Waals surface area (Å²) in [7, 11) is 1.57. The number of anilines is 1. The Labute approximate surface area is 186 Å². The molecule has 1 saturated heterocycles. The average Bonchev–Trinajstić information content (AvgIpc) is 3.67. The van der Waals surface area contributed by atoms with Gasteiger partial charge in [-0.1, -0.05) is 0 Å². The highest BCUT2D eigenvalue weighted by Crippen LogP contribution is 2.36. The first kappa shape index (κ1) is 20.8. The number of hydrogen-bond donors (Lipinski definition) is 1. The van der Waals surface area contributed by atoms with E-state index in [1.54, 1.807) is 25.3 Å². The normalized spacial score (nSPS) is 20.3. The van der Waals surface area contributed by atoms with Crippen LogP contribution in [0.25, 0.3) is 0 Å². The topological polar surface area (TPSA) is 91.4 Å². The molecule has 0 spiro atoms. The zero-order valence-corrected chi connectivity index (χ0v) is 18.0. The zero-order chi connectivity index (χ0) is 21.9. The average molecular weight is 441 g/mol. The minimum Gasteiger partial charge on any atom is -0.493 e. The van der Waals surface area contributed by atoms with E-state index in [-0.39, 0.29) is 18.7 Å². The SMILES string of the molecule is COc1cc(N2COc3cc(OCC4CC4)ncc3C2=O)ccc1OC[C@H]1COCCN1. The van der Waals surface area contributed by atoms with Crippen LogP contribution in [0.5, 0.6) is 23.1 Å². The van der Waals surface area contributed by atoms with Crippen LogP contribution >= 0.6 is 0 Å². The van der Waals surface area contributed by atoms with E-state index < -0.39 is 0 Å². The molecular formula is C23H27N3O6. The number of benzene rings is 1. The molecule has 3 aliphatic rings. The fourth-order valence-corrected chi connectivity index (χ4v) is 3.66. The summed E-state index contributed by atoms with van der Waals surface area (Å²) in [5, 5.41) is 3.35. The number of carbonyl (C=O) groups is 1. The van der Waals surface area contributed by atoms with Gasteiger partial charge < -0.3 is 29.0 Å². The van der Waals surface area contributed by atoms with E-state index in [1.165, 1.54) is 23.9 Å². The molecule has 1 saturated carbocycles. The number of carbonyl (C=O) groups excluding carboxylic acids is 1. The van der Waals surface area contributed by atoms with E-state index in [2.05, 4.69) is 10.3 Å². The molecule has 2 aliphatic heterocycles. The second kappa shape index (κ2) is 9.22. The number of aromatic nitrogens is 1. The smallest absolute Gasteiger partial charge is 0.266 e. The third-order valence-corrected chi connectivity index (χ3v) is 5.73. The lowest BCUT2D eigenvalue weighted by molar-refractivity contribution is 0.0588. The van der Waals surface area contributed by atoms with Gasteiger partial charge in [0.15, 0.2) is 18.2 Å². The van der Waals surface area contributed by atoms with E-state index in [0.717, 1.165) is 6.54 Å². The molecule has 2 fully saturated rings. The quantitative estimate of drug-likeness (QED) is 0.667. The molecule has 9 heteroatoms. The van der Waals surface area contributed by atoms with E-state index in [9.17, 15) is 4.79 Å². The van der Waals surface area contributed by atoms with E-state index in [1.807, 2.05) is 6.07 Å². The second-order valence-electron chi connectivity index (χ2n) is 8.15. The van der Waals surface area contributed by atoms with Crippen LogP contribution in [0.15, 0.2) is 30.5 Å². The van der Waals surface area contributed by atoms with Crippen molar-refractivity contribution >= 4 is 11.6 Å². The zero-order valence-electron chi connectivity index (χ0n) is 18.0. The predicted molar refractivity (Wildman–Crippen MR) is 116 cm³/mol. The Kier molecular flexibility index (Phi) is 6.00. The van der Waals surface area contributed by atoms with E-state index in [0.29, 0.717) is 66.7 Å². The minimum absolute atomic E-state index is 0.0879. The van der Waals surface area contributed by atoms with Crippen LogP contribution in [0.3, 0.4) is 0 Å². The first-order valence-corrected chi connectivity index (χ1v) is 10.9. The Bertz CT molecular complexity index is 974. The maximum absolute atomic E-state index is 13.1. The molecule has 170 valence electrons. The first-order chi connectivity index (χ1) is 15.7. The standard InChI is InChI=1S/C23H27N3O6/c1-28-21-8-17(4-5-19(21)30-13-16-12-29-7-6-24-16)26-14-32-20-9-22(31-11-15-2-3-15)25-10-18(20)23(26)27/h4-5,8-10,15-16,24H,2-3,6-7,11-14H2,1H3/t16-/m1/s1. The van der Waals surface area contributed by atoms with Gasteiger partial charge in [-0.2, -0.15) is 0 Å². The molecule has 0 radical (unpaired) electrons. The van der Waals surface area contributed by atoms with Gasteiger partial charge in [0.05, 0.1) is 38.7 Å². The van der Waals surface area contributed by atoms with Crippen molar-refractivity contribution in [1.82, 2.24) is 10.3 Å². The number of hydrogen-bond acceptors (Lipinski definition) is 8. The van der Waals surface area contributed by atoms with Gasteiger partial charge in [-0.15, -0.1) is 0 Å². The third kappa shape index (κ3) is 4.58. The van der Waals surface area contributed by atoms with Gasteiger partial charge in [0.2, 0.25) is 5.88 Å². The minimum atomic E-state index is -0.188. The molecular weight excluding hydrogens is 414 g/mol. The number of nitrogens with one attached hydrogen (secondary N) is 1. The lowest BCUT2D eigenvalue weighted by Gasteiger charge is -2.29. The van der Waals surface area contributed by atoms with Crippen LogP contribution in [-0.2, 0) is 4.74 Å². The Morgan fingerprint density at radius 1 is 1.19 bits per heavy atom. The molecule has 1 aromatic heterocycles. The third-order valence-electron chi connectivity index (χ3n) is 5.73. The van der Waals surface area contributed by atoms with Crippen LogP contribution < -0.4 is 29.2 Å². The molecule has 1 aromatic carbocycles. The Morgan fingerprint density at radius 3 is 2.88 bits per heavy atom. The lowest BCUT2D eigenvalue weighted by atomic mass is 10.1. The molecule has 1 amide bonds. The lowest BCUT2D eigenvalue weighted by Crippen LogP contribution is -2.44. The maximum atomic E-state index is 13.1. The Morgan fingerprint density at radius 2 is 2.09 bits per heavy atom. The van der Waals surface area contributed by atoms with Gasteiger partial charge in [-0.05, 0) is 30.9 Å². The Hall–Kier alpha value is -3.04. The molecule has 0 bridgehead atoms. The molecule has 5 rings (SSSR count). The predicted octanol–water partition coefficient (Wildman–Crippen LogP) is 2.24. The summed E-state index contributed by atoms with van der Waals surface area (Å²) in [6.45, 7) is 3.35. The van der Waals surface area contributed by atoms with Crippen molar-refractivity contribution in [3.63, 3.8) is 0 Å². The van der Waals surface area contributed by atoms with Crippen LogP contribution in [-0.4, -0.2) is 63.7 Å². The number of amides is 1. The van der Waals surface area contributed by atoms with Gasteiger partial charge >= 0.3 is 0 Å². The van der Waals surface area contributed by atoms with Crippen LogP contribution in [0.1, 0.15) is 23.2 Å². The van der Waals surface area contributed by atoms with Crippen molar-refractivity contribution in [2.24, 2.45) is 5.92 Å². The molecule has 3 heterocycles. The highest BCUT2D eigenvalue weighted by Gasteiger charge is 2.29. The van der Waals surface area contributed by atoms with E-state index >= 15 is 0 Å². The summed E-state index contributed by atoms with van der Waals surface area (Å²) in [4.78, 5) is 18.9. The van der Waals surface area contributed by atoms with Crippen molar-refractivity contribution in [2.45, 2.75) is 18.9 Å². The molecule has 1 atom stereocenters. The summed E-state index contributed by atoms with van der Waals surface area (Å²) < 4.78 is 28.4. The second-order valence-corrected chi connectivity index (χ2v) is 8.15. The number of nitrogens with zero attached hydrogens (tertiary/aromatic N) is 2. The molecule has 0 unspecified atom stereocenters. The van der Waals surface area contributed by atoms with Crippen molar-refractivity contribution in [3.8, 4) is 23.1 Å². The number of pyridine rings is 1.